The predicted molar refractivity (Wildman–Crippen MR) is 115 cm³/mol. The van der Waals surface area contributed by atoms with E-state index in [0.717, 1.165) is 0 Å². The topological polar surface area (TPSA) is 0 Å². The lowest BCUT2D eigenvalue weighted by Crippen LogP contribution is -2.06. The summed E-state index contributed by atoms with van der Waals surface area (Å²) in [5.74, 6) is 1.01. The van der Waals surface area contributed by atoms with Gasteiger partial charge in [0, 0.05) is 0 Å². The summed E-state index contributed by atoms with van der Waals surface area (Å²) < 4.78 is 0. The van der Waals surface area contributed by atoms with Crippen LogP contribution in [0.3, 0.4) is 0 Å². The molecule has 1 atom stereocenters. The van der Waals surface area contributed by atoms with E-state index < -0.39 is 0 Å². The maximum atomic E-state index is 3.00. The van der Waals surface area contributed by atoms with Gasteiger partial charge < -0.3 is 0 Å². The summed E-state index contributed by atoms with van der Waals surface area (Å²) in [5.41, 5.74) is 8.11. The molecule has 3 aromatic rings. The third-order valence-electron chi connectivity index (χ3n) is 4.85. The van der Waals surface area contributed by atoms with Crippen LogP contribution < -0.4 is 5.30 Å². The van der Waals surface area contributed by atoms with Gasteiger partial charge in [-0.3, -0.25) is 0 Å². The first-order valence-corrected chi connectivity index (χ1v) is 9.65. The zero-order chi connectivity index (χ0) is 18.0. The highest BCUT2D eigenvalue weighted by Gasteiger charge is 2.15. The first-order chi connectivity index (χ1) is 12.0. The number of benzene rings is 3. The smallest absolute Gasteiger partial charge is 0.0103 e. The summed E-state index contributed by atoms with van der Waals surface area (Å²) >= 11 is 0. The van der Waals surface area contributed by atoms with E-state index >= 15 is 0 Å². The van der Waals surface area contributed by atoms with Crippen molar-refractivity contribution in [3.05, 3.63) is 77.9 Å². The van der Waals surface area contributed by atoms with Gasteiger partial charge in [0.2, 0.25) is 0 Å². The fourth-order valence-electron chi connectivity index (χ4n) is 3.53. The van der Waals surface area contributed by atoms with Gasteiger partial charge in [-0.15, -0.1) is 9.24 Å². The molecular weight excluding hydrogens is 319 g/mol. The Hall–Kier alpha value is -1.91. The summed E-state index contributed by atoms with van der Waals surface area (Å²) in [6.45, 7) is 9.05. The molecule has 3 aromatic carbocycles. The number of hydrogen-bond acceptors (Lipinski definition) is 0. The van der Waals surface area contributed by atoms with Gasteiger partial charge in [0.1, 0.15) is 0 Å². The Morgan fingerprint density at radius 1 is 0.520 bits per heavy atom. The molecule has 0 amide bonds. The zero-order valence-corrected chi connectivity index (χ0v) is 16.7. The molecule has 0 aliphatic heterocycles. The SMILES string of the molecule is CC(C)c1ccccc1-c1cccc(-c2ccccc2C(C)C)c1P. The molecule has 0 nitrogen and oxygen atoms in total. The Bertz CT molecular complexity index is 805. The summed E-state index contributed by atoms with van der Waals surface area (Å²) in [7, 11) is 3.00. The molecule has 128 valence electrons. The molecule has 3 rings (SSSR count). The van der Waals surface area contributed by atoms with Gasteiger partial charge in [0.05, 0.1) is 0 Å². The van der Waals surface area contributed by atoms with E-state index in [0.29, 0.717) is 11.8 Å². The van der Waals surface area contributed by atoms with Crippen LogP contribution in [0.1, 0.15) is 50.7 Å². The first kappa shape index (κ1) is 17.9. The van der Waals surface area contributed by atoms with Crippen LogP contribution in [0.25, 0.3) is 22.3 Å². The molecular formula is C24H27P. The highest BCUT2D eigenvalue weighted by Crippen LogP contribution is 2.34. The van der Waals surface area contributed by atoms with Crippen molar-refractivity contribution in [2.75, 3.05) is 0 Å². The average molecular weight is 346 g/mol. The van der Waals surface area contributed by atoms with E-state index in [1.54, 1.807) is 0 Å². The second-order valence-electron chi connectivity index (χ2n) is 7.25. The quantitative estimate of drug-likeness (QED) is 0.457. The lowest BCUT2D eigenvalue weighted by atomic mass is 9.88. The van der Waals surface area contributed by atoms with E-state index in [2.05, 4.69) is 104 Å². The van der Waals surface area contributed by atoms with Crippen LogP contribution in [0.15, 0.2) is 66.7 Å². The molecule has 25 heavy (non-hydrogen) atoms. The Labute approximate surface area is 154 Å². The second-order valence-corrected chi connectivity index (χ2v) is 7.83. The highest BCUT2D eigenvalue weighted by molar-refractivity contribution is 7.28. The van der Waals surface area contributed by atoms with Gasteiger partial charge in [0.25, 0.3) is 0 Å². The Balaban J connectivity index is 2.21. The second kappa shape index (κ2) is 7.54. The minimum Gasteiger partial charge on any atom is -0.104 e. The van der Waals surface area contributed by atoms with Crippen molar-refractivity contribution in [3.8, 4) is 22.3 Å². The molecule has 0 saturated heterocycles. The van der Waals surface area contributed by atoms with E-state index in [9.17, 15) is 0 Å². The lowest BCUT2D eigenvalue weighted by Gasteiger charge is -2.19. The van der Waals surface area contributed by atoms with E-state index in [4.69, 9.17) is 0 Å². The van der Waals surface area contributed by atoms with Gasteiger partial charge in [-0.1, -0.05) is 94.4 Å². The lowest BCUT2D eigenvalue weighted by molar-refractivity contribution is 0.869. The summed E-state index contributed by atoms with van der Waals surface area (Å²) in [5, 5.41) is 1.28. The highest BCUT2D eigenvalue weighted by atomic mass is 31.0. The zero-order valence-electron chi connectivity index (χ0n) is 15.6. The summed E-state index contributed by atoms with van der Waals surface area (Å²) in [6.07, 6.45) is 0. The molecule has 1 heteroatoms. The van der Waals surface area contributed by atoms with Crippen LogP contribution in [-0.2, 0) is 0 Å². The summed E-state index contributed by atoms with van der Waals surface area (Å²) in [4.78, 5) is 0. The van der Waals surface area contributed by atoms with E-state index in [1.807, 2.05) is 0 Å². The monoisotopic (exact) mass is 346 g/mol. The third kappa shape index (κ3) is 3.55. The van der Waals surface area contributed by atoms with Gasteiger partial charge in [0.15, 0.2) is 0 Å². The standard InChI is InChI=1S/C24H27P/c1-16(2)18-10-5-7-12-20(18)22-14-9-15-23(24(22)25)21-13-8-6-11-19(21)17(3)4/h5-17H,25H2,1-4H3. The largest absolute Gasteiger partial charge is 0.104 e. The molecule has 0 aliphatic carbocycles. The van der Waals surface area contributed by atoms with Crippen molar-refractivity contribution in [1.29, 1.82) is 0 Å². The molecule has 0 radical (unpaired) electrons. The number of rotatable bonds is 4. The Morgan fingerprint density at radius 2 is 0.880 bits per heavy atom. The normalized spacial score (nSPS) is 11.3. The minimum atomic E-state index is 0.507. The van der Waals surface area contributed by atoms with Crippen LogP contribution in [0, 0.1) is 0 Å². The van der Waals surface area contributed by atoms with Gasteiger partial charge in [-0.05, 0) is 50.5 Å². The van der Waals surface area contributed by atoms with Crippen molar-refractivity contribution in [2.45, 2.75) is 39.5 Å². The fraction of sp³-hybridized carbons (Fsp3) is 0.250. The maximum Gasteiger partial charge on any atom is -0.0103 e. The minimum absolute atomic E-state index is 0.507. The van der Waals surface area contributed by atoms with E-state index in [1.165, 1.54) is 38.7 Å². The van der Waals surface area contributed by atoms with Crippen LogP contribution in [0.4, 0.5) is 0 Å². The van der Waals surface area contributed by atoms with Crippen LogP contribution in [-0.4, -0.2) is 0 Å². The van der Waals surface area contributed by atoms with Crippen molar-refractivity contribution in [3.63, 3.8) is 0 Å². The Kier molecular flexibility index (Phi) is 5.40. The average Bonchev–Trinajstić information content (AvgIpc) is 2.62. The third-order valence-corrected chi connectivity index (χ3v) is 5.47. The number of hydrogen-bond donors (Lipinski definition) is 0. The molecule has 1 unspecified atom stereocenters. The van der Waals surface area contributed by atoms with Crippen LogP contribution in [0.5, 0.6) is 0 Å². The molecule has 0 N–H and O–H groups in total. The summed E-state index contributed by atoms with van der Waals surface area (Å²) in [6, 6.07) is 24.2. The molecule has 0 aliphatic rings. The molecule has 0 heterocycles. The molecule has 0 bridgehead atoms. The maximum absolute atomic E-state index is 3.00. The van der Waals surface area contributed by atoms with Crippen molar-refractivity contribution < 1.29 is 0 Å². The van der Waals surface area contributed by atoms with Gasteiger partial charge in [-0.2, -0.15) is 0 Å². The van der Waals surface area contributed by atoms with E-state index in [-0.39, 0.29) is 0 Å². The molecule has 0 fully saturated rings. The Morgan fingerprint density at radius 3 is 1.28 bits per heavy atom. The molecule has 0 aromatic heterocycles. The first-order valence-electron chi connectivity index (χ1n) is 9.07. The van der Waals surface area contributed by atoms with Crippen LogP contribution >= 0.6 is 9.24 Å². The van der Waals surface area contributed by atoms with Crippen molar-refractivity contribution in [1.82, 2.24) is 0 Å². The van der Waals surface area contributed by atoms with Crippen LogP contribution in [0.2, 0.25) is 0 Å². The molecule has 0 saturated carbocycles. The van der Waals surface area contributed by atoms with Crippen molar-refractivity contribution >= 4 is 14.5 Å². The fourth-order valence-corrected chi connectivity index (χ4v) is 4.03. The molecule has 0 spiro atoms. The van der Waals surface area contributed by atoms with Crippen molar-refractivity contribution in [2.24, 2.45) is 0 Å². The van der Waals surface area contributed by atoms with Gasteiger partial charge >= 0.3 is 0 Å². The predicted octanol–water partition coefficient (Wildman–Crippen LogP) is 6.77. The van der Waals surface area contributed by atoms with Gasteiger partial charge in [-0.25, -0.2) is 0 Å².